The lowest BCUT2D eigenvalue weighted by atomic mass is 10.2. The zero-order chi connectivity index (χ0) is 23.1. The van der Waals surface area contributed by atoms with Gasteiger partial charge in [-0.1, -0.05) is 29.8 Å². The Morgan fingerprint density at radius 3 is 1.64 bits per heavy atom. The van der Waals surface area contributed by atoms with E-state index in [1.807, 2.05) is 55.5 Å². The van der Waals surface area contributed by atoms with Gasteiger partial charge in [0.05, 0.1) is 16.3 Å². The number of pyridine rings is 2. The van der Waals surface area contributed by atoms with Gasteiger partial charge < -0.3 is 0 Å². The minimum Gasteiger partial charge on any atom is -0.295 e. The Labute approximate surface area is 196 Å². The van der Waals surface area contributed by atoms with Crippen molar-refractivity contribution in [2.75, 3.05) is 39.3 Å². The fourth-order valence-electron chi connectivity index (χ4n) is 3.98. The Morgan fingerprint density at radius 1 is 0.697 bits per heavy atom. The minimum atomic E-state index is -3.58. The maximum Gasteiger partial charge on any atom is 0.243 e. The third-order valence-electron chi connectivity index (χ3n) is 5.95. The number of aryl methyl sites for hydroxylation is 1. The van der Waals surface area contributed by atoms with E-state index in [1.165, 1.54) is 0 Å². The van der Waals surface area contributed by atoms with Crippen LogP contribution in [0.1, 0.15) is 17.0 Å². The molecule has 1 aliphatic rings. The third kappa shape index (κ3) is 6.45. The number of nitrogens with zero attached hydrogens (tertiary/aromatic N) is 5. The Balaban J connectivity index is 1.55. The molecule has 0 atom stereocenters. The number of benzene rings is 1. The molecular formula is C25H31N5O2S. The van der Waals surface area contributed by atoms with Gasteiger partial charge in [0.1, 0.15) is 0 Å². The van der Waals surface area contributed by atoms with Gasteiger partial charge in [-0.2, -0.15) is 4.31 Å². The standard InChI is InChI=1S/C25H31N5O2S/c1-22-8-10-25(11-9-22)33(31,32)30-18-16-28(20-23-6-2-4-12-26-23)14-15-29(17-19-30)21-24-7-3-5-13-27-24/h2-13H,14-21H2,1H3. The molecular weight excluding hydrogens is 434 g/mol. The molecule has 0 N–H and O–H groups in total. The maximum absolute atomic E-state index is 13.5. The summed E-state index contributed by atoms with van der Waals surface area (Å²) in [4.78, 5) is 13.9. The molecule has 0 amide bonds. The summed E-state index contributed by atoms with van der Waals surface area (Å²) in [5.41, 5.74) is 3.02. The Morgan fingerprint density at radius 2 is 1.18 bits per heavy atom. The van der Waals surface area contributed by atoms with Crippen molar-refractivity contribution in [3.05, 3.63) is 90.0 Å². The molecule has 0 bridgehead atoms. The molecule has 0 spiro atoms. The smallest absolute Gasteiger partial charge is 0.243 e. The molecule has 174 valence electrons. The van der Waals surface area contributed by atoms with Gasteiger partial charge in [0.2, 0.25) is 10.0 Å². The van der Waals surface area contributed by atoms with Crippen molar-refractivity contribution in [2.45, 2.75) is 24.9 Å². The molecule has 3 heterocycles. The first-order valence-electron chi connectivity index (χ1n) is 11.3. The highest BCUT2D eigenvalue weighted by Crippen LogP contribution is 2.18. The summed E-state index contributed by atoms with van der Waals surface area (Å²) in [6.07, 6.45) is 3.60. The van der Waals surface area contributed by atoms with Crippen LogP contribution in [0.4, 0.5) is 0 Å². The molecule has 8 heteroatoms. The van der Waals surface area contributed by atoms with E-state index in [0.29, 0.717) is 44.2 Å². The van der Waals surface area contributed by atoms with Gasteiger partial charge in [0.15, 0.2) is 0 Å². The molecule has 1 aromatic carbocycles. The molecule has 2 aromatic heterocycles. The Bertz CT molecular complexity index is 1060. The maximum atomic E-state index is 13.5. The second kappa shape index (κ2) is 11.0. The zero-order valence-corrected chi connectivity index (χ0v) is 19.9. The van der Waals surface area contributed by atoms with E-state index < -0.39 is 10.0 Å². The van der Waals surface area contributed by atoms with Gasteiger partial charge in [0, 0.05) is 64.8 Å². The van der Waals surface area contributed by atoms with Crippen LogP contribution in [0.15, 0.2) is 78.0 Å². The molecule has 3 aromatic rings. The van der Waals surface area contributed by atoms with Crippen LogP contribution < -0.4 is 0 Å². The summed E-state index contributed by atoms with van der Waals surface area (Å²) in [6.45, 7) is 7.21. The SMILES string of the molecule is Cc1ccc(S(=O)(=O)N2CCN(Cc3ccccn3)CCN(Cc3ccccn3)CC2)cc1. The average molecular weight is 466 g/mol. The van der Waals surface area contributed by atoms with E-state index in [2.05, 4.69) is 19.8 Å². The van der Waals surface area contributed by atoms with Crippen LogP contribution in [-0.2, 0) is 23.1 Å². The van der Waals surface area contributed by atoms with Crippen molar-refractivity contribution in [1.29, 1.82) is 0 Å². The first-order valence-corrected chi connectivity index (χ1v) is 12.8. The van der Waals surface area contributed by atoms with E-state index in [9.17, 15) is 8.42 Å². The summed E-state index contributed by atoms with van der Waals surface area (Å²) in [6, 6.07) is 18.9. The summed E-state index contributed by atoms with van der Waals surface area (Å²) in [5, 5.41) is 0. The van der Waals surface area contributed by atoms with Crippen molar-refractivity contribution in [1.82, 2.24) is 24.1 Å². The monoisotopic (exact) mass is 465 g/mol. The van der Waals surface area contributed by atoms with Gasteiger partial charge in [-0.05, 0) is 43.3 Å². The number of rotatable bonds is 6. The molecule has 0 saturated carbocycles. The molecule has 0 unspecified atom stereocenters. The van der Waals surface area contributed by atoms with Crippen LogP contribution in [0, 0.1) is 6.92 Å². The van der Waals surface area contributed by atoms with Crippen LogP contribution >= 0.6 is 0 Å². The predicted molar refractivity (Wildman–Crippen MR) is 129 cm³/mol. The number of hydrogen-bond donors (Lipinski definition) is 0. The van der Waals surface area contributed by atoms with Crippen LogP contribution in [0.5, 0.6) is 0 Å². The van der Waals surface area contributed by atoms with Crippen LogP contribution in [0.3, 0.4) is 0 Å². The van der Waals surface area contributed by atoms with Crippen molar-refractivity contribution in [3.63, 3.8) is 0 Å². The van der Waals surface area contributed by atoms with Crippen molar-refractivity contribution >= 4 is 10.0 Å². The lowest BCUT2D eigenvalue weighted by Gasteiger charge is -2.25. The quantitative estimate of drug-likeness (QED) is 0.558. The van der Waals surface area contributed by atoms with Gasteiger partial charge in [-0.15, -0.1) is 0 Å². The summed E-state index contributed by atoms with van der Waals surface area (Å²) in [5.74, 6) is 0. The fraction of sp³-hybridized carbons (Fsp3) is 0.360. The summed E-state index contributed by atoms with van der Waals surface area (Å²) in [7, 11) is -3.58. The van der Waals surface area contributed by atoms with Gasteiger partial charge in [-0.3, -0.25) is 19.8 Å². The van der Waals surface area contributed by atoms with E-state index in [4.69, 9.17) is 0 Å². The van der Waals surface area contributed by atoms with Crippen molar-refractivity contribution in [2.24, 2.45) is 0 Å². The number of hydrogen-bond acceptors (Lipinski definition) is 6. The molecule has 7 nitrogen and oxygen atoms in total. The second-order valence-electron chi connectivity index (χ2n) is 8.41. The fourth-order valence-corrected chi connectivity index (χ4v) is 5.40. The van der Waals surface area contributed by atoms with Crippen LogP contribution in [0.2, 0.25) is 0 Å². The highest BCUT2D eigenvalue weighted by Gasteiger charge is 2.27. The van der Waals surface area contributed by atoms with E-state index >= 15 is 0 Å². The van der Waals surface area contributed by atoms with E-state index in [1.54, 1.807) is 28.8 Å². The molecule has 1 aliphatic heterocycles. The highest BCUT2D eigenvalue weighted by molar-refractivity contribution is 7.89. The lowest BCUT2D eigenvalue weighted by Crippen LogP contribution is -2.40. The number of aromatic nitrogens is 2. The number of sulfonamides is 1. The first-order chi connectivity index (χ1) is 16.0. The molecule has 0 aliphatic carbocycles. The molecule has 33 heavy (non-hydrogen) atoms. The summed E-state index contributed by atoms with van der Waals surface area (Å²) >= 11 is 0. The van der Waals surface area contributed by atoms with Gasteiger partial charge in [0.25, 0.3) is 0 Å². The molecule has 1 fully saturated rings. The molecule has 4 rings (SSSR count). The van der Waals surface area contributed by atoms with Crippen LogP contribution in [0.25, 0.3) is 0 Å². The van der Waals surface area contributed by atoms with Crippen molar-refractivity contribution < 1.29 is 8.42 Å². The van der Waals surface area contributed by atoms with Crippen LogP contribution in [-0.4, -0.2) is 71.8 Å². The molecule has 0 radical (unpaired) electrons. The van der Waals surface area contributed by atoms with Gasteiger partial charge >= 0.3 is 0 Å². The second-order valence-corrected chi connectivity index (χ2v) is 10.3. The average Bonchev–Trinajstić information content (AvgIpc) is 2.92. The third-order valence-corrected chi connectivity index (χ3v) is 7.86. The largest absolute Gasteiger partial charge is 0.295 e. The lowest BCUT2D eigenvalue weighted by molar-refractivity contribution is 0.207. The normalized spacial score (nSPS) is 17.2. The van der Waals surface area contributed by atoms with E-state index in [-0.39, 0.29) is 0 Å². The Kier molecular flexibility index (Phi) is 7.82. The highest BCUT2D eigenvalue weighted by atomic mass is 32.2. The zero-order valence-electron chi connectivity index (χ0n) is 19.0. The van der Waals surface area contributed by atoms with Crippen molar-refractivity contribution in [3.8, 4) is 0 Å². The Hall–Kier alpha value is -2.65. The predicted octanol–water partition coefficient (Wildman–Crippen LogP) is 2.79. The first kappa shape index (κ1) is 23.5. The molecule has 1 saturated heterocycles. The van der Waals surface area contributed by atoms with E-state index in [0.717, 1.165) is 30.0 Å². The summed E-state index contributed by atoms with van der Waals surface area (Å²) < 4.78 is 28.6. The van der Waals surface area contributed by atoms with Gasteiger partial charge in [-0.25, -0.2) is 8.42 Å². The minimum absolute atomic E-state index is 0.347. The topological polar surface area (TPSA) is 69.6 Å².